The Bertz CT molecular complexity index is 1050. The van der Waals surface area contributed by atoms with Gasteiger partial charge in [-0.05, 0) is 12.8 Å². The number of benzene rings is 1. The van der Waals surface area contributed by atoms with Gasteiger partial charge in [0, 0.05) is 18.2 Å². The Labute approximate surface area is 200 Å². The third kappa shape index (κ3) is 6.34. The molecule has 0 saturated carbocycles. The maximum Gasteiger partial charge on any atom is 0.214 e. The zero-order valence-electron chi connectivity index (χ0n) is 19.8. The summed E-state index contributed by atoms with van der Waals surface area (Å²) >= 11 is 6.43. The lowest BCUT2D eigenvalue weighted by Gasteiger charge is -2.20. The van der Waals surface area contributed by atoms with Crippen LogP contribution in [0.5, 0.6) is 5.88 Å². The van der Waals surface area contributed by atoms with E-state index in [1.807, 2.05) is 0 Å². The number of nitrogens with zero attached hydrogens (tertiary/aromatic N) is 3. The number of hydrogen-bond donors (Lipinski definition) is 1. The summed E-state index contributed by atoms with van der Waals surface area (Å²) in [7, 11) is 0. The van der Waals surface area contributed by atoms with Crippen LogP contribution in [0.15, 0.2) is 12.1 Å². The van der Waals surface area contributed by atoms with E-state index >= 15 is 0 Å². The summed E-state index contributed by atoms with van der Waals surface area (Å²) in [6, 6.07) is 2.09. The number of hydrogen-bond acceptors (Lipinski definition) is 3. The summed E-state index contributed by atoms with van der Waals surface area (Å²) in [6.45, 7) is 4.39. The quantitative estimate of drug-likeness (QED) is 0.235. The molecule has 1 aromatic carbocycles. The lowest BCUT2D eigenvalue weighted by Crippen LogP contribution is -2.10. The highest BCUT2D eigenvalue weighted by molar-refractivity contribution is 6.36. The molecule has 182 valence electrons. The first-order chi connectivity index (χ1) is 16.0. The molecule has 3 aromatic rings. The SMILES string of the molecule is CCCCCCCCCCC(CCCCC)n1c(O)c(Cl)c2nc3cc(F)c(F)cc3nc21. The Hall–Kier alpha value is -1.95. The Balaban J connectivity index is 1.83. The van der Waals surface area contributed by atoms with Crippen molar-refractivity contribution in [3.8, 4) is 5.88 Å². The molecule has 0 saturated heterocycles. The van der Waals surface area contributed by atoms with E-state index < -0.39 is 11.6 Å². The topological polar surface area (TPSA) is 50.9 Å². The molecule has 0 spiro atoms. The van der Waals surface area contributed by atoms with E-state index in [1.54, 1.807) is 4.57 Å². The zero-order valence-corrected chi connectivity index (χ0v) is 20.6. The fraction of sp³-hybridized carbons (Fsp3) is 0.615. The minimum absolute atomic E-state index is 0.0312. The summed E-state index contributed by atoms with van der Waals surface area (Å²) in [5.74, 6) is -2.02. The molecule has 1 atom stereocenters. The fourth-order valence-corrected chi connectivity index (χ4v) is 4.78. The normalized spacial score (nSPS) is 12.8. The highest BCUT2D eigenvalue weighted by Crippen LogP contribution is 2.40. The number of rotatable bonds is 14. The van der Waals surface area contributed by atoms with Crippen LogP contribution in [-0.2, 0) is 0 Å². The first kappa shape index (κ1) is 25.7. The Morgan fingerprint density at radius 1 is 0.818 bits per heavy atom. The van der Waals surface area contributed by atoms with E-state index in [9.17, 15) is 13.9 Å². The molecular weight excluding hydrogens is 444 g/mol. The van der Waals surface area contributed by atoms with Crippen LogP contribution < -0.4 is 0 Å². The molecule has 0 fully saturated rings. The molecule has 3 rings (SSSR count). The Morgan fingerprint density at radius 2 is 1.30 bits per heavy atom. The van der Waals surface area contributed by atoms with E-state index in [0.717, 1.165) is 57.1 Å². The number of unbranched alkanes of at least 4 members (excludes halogenated alkanes) is 9. The third-order valence-electron chi connectivity index (χ3n) is 6.45. The molecule has 0 bridgehead atoms. The lowest BCUT2D eigenvalue weighted by molar-refractivity contribution is 0.346. The zero-order chi connectivity index (χ0) is 23.8. The number of halogens is 3. The van der Waals surface area contributed by atoms with Gasteiger partial charge in [-0.3, -0.25) is 4.57 Å². The van der Waals surface area contributed by atoms with Crippen molar-refractivity contribution >= 4 is 33.8 Å². The summed E-state index contributed by atoms with van der Waals surface area (Å²) in [4.78, 5) is 8.95. The van der Waals surface area contributed by atoms with Gasteiger partial charge in [-0.2, -0.15) is 0 Å². The van der Waals surface area contributed by atoms with Crippen molar-refractivity contribution in [2.24, 2.45) is 0 Å². The first-order valence-electron chi connectivity index (χ1n) is 12.5. The molecule has 0 aliphatic heterocycles. The van der Waals surface area contributed by atoms with Gasteiger partial charge in [0.2, 0.25) is 5.88 Å². The molecule has 33 heavy (non-hydrogen) atoms. The van der Waals surface area contributed by atoms with Crippen molar-refractivity contribution in [2.75, 3.05) is 0 Å². The third-order valence-corrected chi connectivity index (χ3v) is 6.79. The molecule has 0 radical (unpaired) electrons. The molecular formula is C26H36ClF2N3O. The van der Waals surface area contributed by atoms with E-state index in [4.69, 9.17) is 11.6 Å². The molecule has 0 amide bonds. The summed E-state index contributed by atoms with van der Waals surface area (Å²) in [5, 5.41) is 11.0. The highest BCUT2D eigenvalue weighted by atomic mass is 35.5. The summed E-state index contributed by atoms with van der Waals surface area (Å²) in [6.07, 6.45) is 15.0. The van der Waals surface area contributed by atoms with Crippen molar-refractivity contribution in [1.82, 2.24) is 14.5 Å². The van der Waals surface area contributed by atoms with Gasteiger partial charge >= 0.3 is 0 Å². The number of aromatic nitrogens is 3. The van der Waals surface area contributed by atoms with Gasteiger partial charge in [0.1, 0.15) is 10.5 Å². The molecule has 0 aliphatic rings. The molecule has 4 nitrogen and oxygen atoms in total. The predicted octanol–water partition coefficient (Wildman–Crippen LogP) is 8.87. The average Bonchev–Trinajstić information content (AvgIpc) is 3.03. The maximum absolute atomic E-state index is 13.8. The Kier molecular flexibility index (Phi) is 9.72. The molecule has 1 N–H and O–H groups in total. The minimum Gasteiger partial charge on any atom is -0.493 e. The van der Waals surface area contributed by atoms with Gasteiger partial charge in [0.25, 0.3) is 0 Å². The van der Waals surface area contributed by atoms with E-state index in [-0.39, 0.29) is 28.0 Å². The first-order valence-corrected chi connectivity index (χ1v) is 12.9. The lowest BCUT2D eigenvalue weighted by atomic mass is 10.0. The largest absolute Gasteiger partial charge is 0.493 e. The van der Waals surface area contributed by atoms with E-state index in [2.05, 4.69) is 23.8 Å². The van der Waals surface area contributed by atoms with Crippen LogP contribution in [0.4, 0.5) is 8.78 Å². The second-order valence-electron chi connectivity index (χ2n) is 9.07. The van der Waals surface area contributed by atoms with E-state index in [1.165, 1.54) is 38.5 Å². The van der Waals surface area contributed by atoms with Crippen LogP contribution in [0.3, 0.4) is 0 Å². The smallest absolute Gasteiger partial charge is 0.214 e. The van der Waals surface area contributed by atoms with Crippen LogP contribution in [0, 0.1) is 11.6 Å². The van der Waals surface area contributed by atoms with Gasteiger partial charge in [0.15, 0.2) is 17.3 Å². The minimum atomic E-state index is -0.983. The maximum atomic E-state index is 13.8. The molecule has 2 heterocycles. The van der Waals surface area contributed by atoms with Crippen LogP contribution >= 0.6 is 11.6 Å². The van der Waals surface area contributed by atoms with E-state index in [0.29, 0.717) is 11.2 Å². The molecule has 0 aliphatic carbocycles. The summed E-state index contributed by atoms with van der Waals surface area (Å²) in [5.41, 5.74) is 1.21. The van der Waals surface area contributed by atoms with Crippen molar-refractivity contribution < 1.29 is 13.9 Å². The average molecular weight is 480 g/mol. The van der Waals surface area contributed by atoms with Gasteiger partial charge in [-0.15, -0.1) is 0 Å². The van der Waals surface area contributed by atoms with Gasteiger partial charge < -0.3 is 5.11 Å². The van der Waals surface area contributed by atoms with Crippen molar-refractivity contribution in [2.45, 2.75) is 103 Å². The Morgan fingerprint density at radius 3 is 1.91 bits per heavy atom. The monoisotopic (exact) mass is 479 g/mol. The van der Waals surface area contributed by atoms with Gasteiger partial charge in [0.05, 0.1) is 11.0 Å². The highest BCUT2D eigenvalue weighted by Gasteiger charge is 2.24. The van der Waals surface area contributed by atoms with Crippen LogP contribution in [0.1, 0.15) is 103 Å². The van der Waals surface area contributed by atoms with Crippen LogP contribution in [-0.4, -0.2) is 19.6 Å². The second-order valence-corrected chi connectivity index (χ2v) is 9.45. The van der Waals surface area contributed by atoms with Gasteiger partial charge in [-0.25, -0.2) is 18.7 Å². The number of fused-ring (bicyclic) bond motifs is 2. The predicted molar refractivity (Wildman–Crippen MR) is 132 cm³/mol. The van der Waals surface area contributed by atoms with Gasteiger partial charge in [-0.1, -0.05) is 96.1 Å². The standard InChI is InChI=1S/C26H36ClF2N3O/c1-3-5-7-8-9-10-11-13-15-18(14-12-6-4-2)32-25-24(23(27)26(32)33)30-21-16-19(28)20(29)17-22(21)31-25/h16-18,33H,3-15H2,1-2H3. The van der Waals surface area contributed by atoms with Crippen molar-refractivity contribution in [3.05, 3.63) is 28.8 Å². The van der Waals surface area contributed by atoms with Crippen LogP contribution in [0.2, 0.25) is 5.02 Å². The molecule has 2 aromatic heterocycles. The second kappa shape index (κ2) is 12.5. The van der Waals surface area contributed by atoms with Crippen molar-refractivity contribution in [1.29, 1.82) is 0 Å². The molecule has 1 unspecified atom stereocenters. The van der Waals surface area contributed by atoms with Crippen molar-refractivity contribution in [3.63, 3.8) is 0 Å². The molecule has 7 heteroatoms. The number of aromatic hydroxyl groups is 1. The fourth-order valence-electron chi connectivity index (χ4n) is 4.56. The summed E-state index contributed by atoms with van der Waals surface area (Å²) < 4.78 is 29.3. The van der Waals surface area contributed by atoms with Crippen LogP contribution in [0.25, 0.3) is 22.2 Å².